The van der Waals surface area contributed by atoms with Gasteiger partial charge in [0, 0.05) is 29.9 Å². The van der Waals surface area contributed by atoms with Crippen molar-refractivity contribution in [2.45, 2.75) is 65.3 Å². The van der Waals surface area contributed by atoms with Crippen molar-refractivity contribution in [2.24, 2.45) is 5.41 Å². The molecule has 1 fully saturated rings. The van der Waals surface area contributed by atoms with Crippen molar-refractivity contribution < 1.29 is 23.9 Å². The van der Waals surface area contributed by atoms with Crippen LogP contribution in [-0.4, -0.2) is 76.4 Å². The summed E-state index contributed by atoms with van der Waals surface area (Å²) in [6, 6.07) is 10.2. The first-order chi connectivity index (χ1) is 24.3. The zero-order valence-electron chi connectivity index (χ0n) is 29.3. The van der Waals surface area contributed by atoms with E-state index in [9.17, 15) is 14.4 Å². The predicted octanol–water partition coefficient (Wildman–Crippen LogP) is 5.73. The molecule has 270 valence electrons. The maximum atomic E-state index is 13.9. The Bertz CT molecular complexity index is 1880. The number of carbonyl (C=O) groups excluding carboxylic acids is 3. The van der Waals surface area contributed by atoms with Crippen molar-refractivity contribution in [2.75, 3.05) is 31.3 Å². The van der Waals surface area contributed by atoms with Crippen LogP contribution in [0.5, 0.6) is 11.5 Å². The molecule has 4 N–H and O–H groups in total. The molecule has 3 atom stereocenters. The van der Waals surface area contributed by atoms with E-state index in [4.69, 9.17) is 32.7 Å². The molecule has 4 aromatic rings. The van der Waals surface area contributed by atoms with Gasteiger partial charge in [0.1, 0.15) is 36.6 Å². The van der Waals surface area contributed by atoms with E-state index in [0.29, 0.717) is 59.0 Å². The number of amides is 3. The Morgan fingerprint density at radius 1 is 1.06 bits per heavy atom. The molecule has 2 aromatic heterocycles. The van der Waals surface area contributed by atoms with Crippen molar-refractivity contribution in [1.29, 1.82) is 0 Å². The van der Waals surface area contributed by atoms with Gasteiger partial charge in [-0.15, -0.1) is 0 Å². The second kappa shape index (κ2) is 16.1. The minimum absolute atomic E-state index is 0.191. The number of likely N-dealkylation sites (N-methyl/N-ethyl adjacent to an activating group) is 1. The lowest BCUT2D eigenvalue weighted by molar-refractivity contribution is -0.143. The van der Waals surface area contributed by atoms with Gasteiger partial charge in [-0.05, 0) is 62.6 Å². The number of rotatable bonds is 12. The summed E-state index contributed by atoms with van der Waals surface area (Å²) in [5, 5.41) is 13.1. The summed E-state index contributed by atoms with van der Waals surface area (Å²) in [5.74, 6) is 0.121. The largest absolute Gasteiger partial charge is 0.494 e. The molecule has 0 saturated carbocycles. The number of fused-ring (bicyclic) bond motifs is 1. The maximum Gasteiger partial charge on any atom is 0.247 e. The molecule has 1 aliphatic rings. The van der Waals surface area contributed by atoms with Gasteiger partial charge >= 0.3 is 0 Å². The number of hydrogen-bond donors (Lipinski definition) is 4. The fourth-order valence-corrected chi connectivity index (χ4v) is 6.31. The third-order valence-electron chi connectivity index (χ3n) is 8.63. The van der Waals surface area contributed by atoms with Gasteiger partial charge in [0.05, 0.1) is 40.1 Å². The molecule has 2 aromatic carbocycles. The molecule has 0 spiro atoms. The summed E-state index contributed by atoms with van der Waals surface area (Å²) in [4.78, 5) is 55.2. The number of hydrogen-bond acceptors (Lipinski definition) is 10. The fraction of sp³-hybridized carbons (Fsp3) is 0.389. The SMILES string of the molecule is CN[C@@H](C)C(=O)N[C@H](C(=O)N1CCCC1C(=O)Nc1cc2c(Nc3cc(Cl)c(OCc4ccccn4)c(Cl)c3)ncnc2cc1OC)C(C)(C)C. The summed E-state index contributed by atoms with van der Waals surface area (Å²) < 4.78 is 11.5. The Morgan fingerprint density at radius 3 is 2.45 bits per heavy atom. The Morgan fingerprint density at radius 2 is 1.80 bits per heavy atom. The van der Waals surface area contributed by atoms with Crippen molar-refractivity contribution in [3.05, 3.63) is 70.7 Å². The minimum atomic E-state index is -0.835. The van der Waals surface area contributed by atoms with Gasteiger partial charge in [0.2, 0.25) is 17.7 Å². The second-order valence-corrected chi connectivity index (χ2v) is 14.1. The Kier molecular flexibility index (Phi) is 11.8. The van der Waals surface area contributed by atoms with E-state index in [-0.39, 0.29) is 34.4 Å². The Labute approximate surface area is 306 Å². The van der Waals surface area contributed by atoms with Crippen LogP contribution < -0.4 is 30.7 Å². The summed E-state index contributed by atoms with van der Waals surface area (Å²) >= 11 is 13.2. The van der Waals surface area contributed by atoms with Crippen LogP contribution in [0.4, 0.5) is 17.2 Å². The molecule has 3 heterocycles. The summed E-state index contributed by atoms with van der Waals surface area (Å²) in [5.41, 5.74) is 1.58. The summed E-state index contributed by atoms with van der Waals surface area (Å²) in [6.07, 6.45) is 4.18. The Hall–Kier alpha value is -4.72. The van der Waals surface area contributed by atoms with Gasteiger partial charge < -0.3 is 35.6 Å². The van der Waals surface area contributed by atoms with Crippen molar-refractivity contribution in [3.63, 3.8) is 0 Å². The van der Waals surface area contributed by atoms with E-state index < -0.39 is 23.5 Å². The number of carbonyl (C=O) groups is 3. The van der Waals surface area contributed by atoms with E-state index in [2.05, 4.69) is 36.2 Å². The molecule has 0 bridgehead atoms. The zero-order valence-corrected chi connectivity index (χ0v) is 30.9. The Balaban J connectivity index is 1.37. The number of methoxy groups -OCH3 is 1. The van der Waals surface area contributed by atoms with Crippen LogP contribution in [0.3, 0.4) is 0 Å². The van der Waals surface area contributed by atoms with E-state index in [1.54, 1.807) is 49.3 Å². The number of nitrogens with zero attached hydrogens (tertiary/aromatic N) is 4. The lowest BCUT2D eigenvalue weighted by Crippen LogP contribution is -2.59. The first kappa shape index (κ1) is 37.5. The van der Waals surface area contributed by atoms with Gasteiger partial charge in [-0.1, -0.05) is 50.0 Å². The van der Waals surface area contributed by atoms with Crippen LogP contribution >= 0.6 is 23.2 Å². The highest BCUT2D eigenvalue weighted by Crippen LogP contribution is 2.39. The van der Waals surface area contributed by atoms with Crippen LogP contribution in [0.25, 0.3) is 10.9 Å². The fourth-order valence-electron chi connectivity index (χ4n) is 5.72. The van der Waals surface area contributed by atoms with Gasteiger partial charge in [0.15, 0.2) is 5.75 Å². The number of nitrogens with one attached hydrogen (secondary N) is 4. The average molecular weight is 738 g/mol. The minimum Gasteiger partial charge on any atom is -0.494 e. The zero-order chi connectivity index (χ0) is 36.9. The van der Waals surface area contributed by atoms with Gasteiger partial charge in [-0.25, -0.2) is 9.97 Å². The highest BCUT2D eigenvalue weighted by atomic mass is 35.5. The number of ether oxygens (including phenoxy) is 2. The number of aromatic nitrogens is 3. The van der Waals surface area contributed by atoms with Gasteiger partial charge in [-0.3, -0.25) is 19.4 Å². The van der Waals surface area contributed by atoms with Crippen LogP contribution in [0.2, 0.25) is 10.0 Å². The molecule has 15 heteroatoms. The monoisotopic (exact) mass is 736 g/mol. The average Bonchev–Trinajstić information content (AvgIpc) is 3.60. The van der Waals surface area contributed by atoms with E-state index in [1.165, 1.54) is 13.4 Å². The van der Waals surface area contributed by atoms with Crippen LogP contribution in [0.15, 0.2) is 55.0 Å². The number of likely N-dealkylation sites (tertiary alicyclic amines) is 1. The highest BCUT2D eigenvalue weighted by molar-refractivity contribution is 6.37. The molecular weight excluding hydrogens is 695 g/mol. The standard InChI is InChI=1S/C36H42Cl2N8O5/c1-20(39-5)33(47)45-31(36(2,3)4)35(49)46-13-9-11-28(46)34(48)44-27-16-23-26(17-29(27)50-6)41-19-42-32(23)43-22-14-24(37)30(25(38)15-22)51-18-21-10-7-8-12-40-21/h7-8,10,12,14-17,19-20,28,31,39H,9,11,13,18H2,1-6H3,(H,44,48)(H,45,47)(H,41,42,43)/t20-,28?,31+/m0/s1. The number of halogens is 2. The third-order valence-corrected chi connectivity index (χ3v) is 9.19. The van der Waals surface area contributed by atoms with E-state index in [1.807, 2.05) is 39.0 Å². The number of pyridine rings is 1. The molecule has 1 saturated heterocycles. The summed E-state index contributed by atoms with van der Waals surface area (Å²) in [6.45, 7) is 7.94. The lowest BCUT2D eigenvalue weighted by atomic mass is 9.85. The van der Waals surface area contributed by atoms with Crippen LogP contribution in [0, 0.1) is 5.41 Å². The van der Waals surface area contributed by atoms with Crippen LogP contribution in [-0.2, 0) is 21.0 Å². The smallest absolute Gasteiger partial charge is 0.247 e. The molecule has 51 heavy (non-hydrogen) atoms. The van der Waals surface area contributed by atoms with Crippen molar-refractivity contribution in [3.8, 4) is 11.5 Å². The summed E-state index contributed by atoms with van der Waals surface area (Å²) in [7, 11) is 3.17. The predicted molar refractivity (Wildman–Crippen MR) is 198 cm³/mol. The highest BCUT2D eigenvalue weighted by Gasteiger charge is 2.42. The van der Waals surface area contributed by atoms with Crippen molar-refractivity contribution >= 4 is 69.0 Å². The molecule has 1 aliphatic heterocycles. The first-order valence-corrected chi connectivity index (χ1v) is 17.3. The van der Waals surface area contributed by atoms with Gasteiger partial charge in [0.25, 0.3) is 0 Å². The van der Waals surface area contributed by atoms with E-state index in [0.717, 1.165) is 5.69 Å². The molecule has 1 unspecified atom stereocenters. The molecule has 3 amide bonds. The molecule has 0 radical (unpaired) electrons. The maximum absolute atomic E-state index is 13.9. The lowest BCUT2D eigenvalue weighted by Gasteiger charge is -2.36. The van der Waals surface area contributed by atoms with Crippen LogP contribution in [0.1, 0.15) is 46.2 Å². The quantitative estimate of drug-likeness (QED) is 0.141. The molecule has 5 rings (SSSR count). The molecule has 13 nitrogen and oxygen atoms in total. The topological polar surface area (TPSA) is 160 Å². The van der Waals surface area contributed by atoms with Crippen molar-refractivity contribution in [1.82, 2.24) is 30.5 Å². The second-order valence-electron chi connectivity index (χ2n) is 13.3. The molecule has 0 aliphatic carbocycles. The normalized spacial score (nSPS) is 15.6. The molecular formula is C36H42Cl2N8O5. The number of benzene rings is 2. The van der Waals surface area contributed by atoms with Gasteiger partial charge in [-0.2, -0.15) is 0 Å². The number of anilines is 3. The third kappa shape index (κ3) is 8.78. The van der Waals surface area contributed by atoms with E-state index >= 15 is 0 Å². The first-order valence-electron chi connectivity index (χ1n) is 16.5.